The van der Waals surface area contributed by atoms with E-state index in [1.165, 1.54) is 77.0 Å². The molecule has 0 amide bonds. The zero-order chi connectivity index (χ0) is 14.8. The van der Waals surface area contributed by atoms with E-state index in [0.29, 0.717) is 0 Å². The molecule has 0 heterocycles. The minimum absolute atomic E-state index is 0.962. The van der Waals surface area contributed by atoms with Gasteiger partial charge in [-0.2, -0.15) is 0 Å². The summed E-state index contributed by atoms with van der Waals surface area (Å²) in [7, 11) is 0. The summed E-state index contributed by atoms with van der Waals surface area (Å²) in [6.45, 7) is 9.74. The average Bonchev–Trinajstić information content (AvgIpc) is 2.47. The molecule has 0 aromatic rings. The van der Waals surface area contributed by atoms with Gasteiger partial charge in [-0.3, -0.25) is 0 Å². The quantitative estimate of drug-likeness (QED) is 0.461. The topological polar surface area (TPSA) is 0 Å². The van der Waals surface area contributed by atoms with Gasteiger partial charge in [-0.15, -0.1) is 0 Å². The second-order valence-corrected chi connectivity index (χ2v) is 8.01. The van der Waals surface area contributed by atoms with E-state index in [1.807, 2.05) is 0 Å². The van der Waals surface area contributed by atoms with Crippen LogP contribution in [0.2, 0.25) is 0 Å². The molecule has 20 heavy (non-hydrogen) atoms. The van der Waals surface area contributed by atoms with E-state index in [0.717, 1.165) is 23.7 Å². The Labute approximate surface area is 129 Å². The van der Waals surface area contributed by atoms with Crippen molar-refractivity contribution in [3.8, 4) is 0 Å². The van der Waals surface area contributed by atoms with Gasteiger partial charge in [0.2, 0.25) is 0 Å². The fraction of sp³-hybridized carbons (Fsp3) is 1.00. The van der Waals surface area contributed by atoms with Gasteiger partial charge in [-0.05, 0) is 36.5 Å². The lowest BCUT2D eigenvalue weighted by Gasteiger charge is -2.21. The van der Waals surface area contributed by atoms with Gasteiger partial charge in [0.05, 0.1) is 0 Å². The molecule has 120 valence electrons. The smallest absolute Gasteiger partial charge is 0.0412 e. The second-order valence-electron chi connectivity index (χ2n) is 8.01. The van der Waals surface area contributed by atoms with E-state index in [4.69, 9.17) is 0 Å². The Bertz CT molecular complexity index is 220. The van der Waals surface area contributed by atoms with Crippen molar-refractivity contribution in [3.05, 3.63) is 0 Å². The highest BCUT2D eigenvalue weighted by Crippen LogP contribution is 2.31. The lowest BCUT2D eigenvalue weighted by Crippen LogP contribution is -2.09. The third-order valence-corrected chi connectivity index (χ3v) is 5.46. The monoisotopic (exact) mass is 280 g/mol. The summed E-state index contributed by atoms with van der Waals surface area (Å²) in [6.07, 6.45) is 17.7. The van der Waals surface area contributed by atoms with Crippen LogP contribution in [0.25, 0.3) is 0 Å². The molecule has 0 aromatic carbocycles. The van der Waals surface area contributed by atoms with E-state index in [2.05, 4.69) is 27.7 Å². The van der Waals surface area contributed by atoms with Gasteiger partial charge in [-0.1, -0.05) is 91.9 Å². The number of hydrogen-bond donors (Lipinski definition) is 0. The summed E-state index contributed by atoms with van der Waals surface area (Å²) in [5, 5.41) is 0. The van der Waals surface area contributed by atoms with Crippen LogP contribution in [0.1, 0.15) is 105 Å². The molecule has 1 saturated carbocycles. The van der Waals surface area contributed by atoms with Crippen molar-refractivity contribution in [2.24, 2.45) is 23.7 Å². The summed E-state index contributed by atoms with van der Waals surface area (Å²) in [5.74, 6) is 3.93. The van der Waals surface area contributed by atoms with Crippen LogP contribution in [0.4, 0.5) is 0 Å². The Balaban J connectivity index is 2.23. The second kappa shape index (κ2) is 10.7. The van der Waals surface area contributed by atoms with Crippen molar-refractivity contribution < 1.29 is 0 Å². The van der Waals surface area contributed by atoms with Gasteiger partial charge in [0.1, 0.15) is 0 Å². The van der Waals surface area contributed by atoms with E-state index in [9.17, 15) is 0 Å². The summed E-state index contributed by atoms with van der Waals surface area (Å²) in [6, 6.07) is 0. The van der Waals surface area contributed by atoms with Crippen molar-refractivity contribution in [1.82, 2.24) is 0 Å². The Morgan fingerprint density at radius 2 is 1.60 bits per heavy atom. The maximum absolute atomic E-state index is 2.50. The van der Waals surface area contributed by atoms with Crippen LogP contribution in [-0.2, 0) is 0 Å². The molecule has 0 aromatic heterocycles. The molecule has 1 fully saturated rings. The lowest BCUT2D eigenvalue weighted by atomic mass is 9.85. The first-order valence-corrected chi connectivity index (χ1v) is 9.61. The number of hydrogen-bond acceptors (Lipinski definition) is 0. The van der Waals surface area contributed by atoms with Crippen LogP contribution < -0.4 is 0 Å². The van der Waals surface area contributed by atoms with E-state index in [1.54, 1.807) is 0 Å². The Kier molecular flexibility index (Phi) is 9.65. The number of unbranched alkanes of at least 4 members (excludes halogenated alkanes) is 1. The zero-order valence-corrected chi connectivity index (χ0v) is 14.8. The Morgan fingerprint density at radius 3 is 2.35 bits per heavy atom. The van der Waals surface area contributed by atoms with Crippen LogP contribution in [0.5, 0.6) is 0 Å². The summed E-state index contributed by atoms with van der Waals surface area (Å²) >= 11 is 0. The molecule has 0 bridgehead atoms. The fourth-order valence-electron chi connectivity index (χ4n) is 4.23. The molecule has 0 radical (unpaired) electrons. The highest BCUT2D eigenvalue weighted by Gasteiger charge is 2.18. The minimum Gasteiger partial charge on any atom is -0.0654 e. The molecular weight excluding hydrogens is 240 g/mol. The van der Waals surface area contributed by atoms with Gasteiger partial charge in [-0.25, -0.2) is 0 Å². The summed E-state index contributed by atoms with van der Waals surface area (Å²) in [5.41, 5.74) is 0. The standard InChI is InChI=1S/C20H40/c1-5-6-10-17(2)12-9-14-20-13-8-7-11-18(3)15-19(4)16-20/h17-20H,5-16H2,1-4H3. The Hall–Kier alpha value is 0. The fourth-order valence-corrected chi connectivity index (χ4v) is 4.23. The highest BCUT2D eigenvalue weighted by atomic mass is 14.2. The SMILES string of the molecule is CCCCC(C)CCCC1CCCCC(C)CC(C)C1. The molecular formula is C20H40. The average molecular weight is 281 g/mol. The van der Waals surface area contributed by atoms with Gasteiger partial charge in [0, 0.05) is 0 Å². The molecule has 1 aliphatic carbocycles. The van der Waals surface area contributed by atoms with Crippen molar-refractivity contribution in [1.29, 1.82) is 0 Å². The van der Waals surface area contributed by atoms with Crippen molar-refractivity contribution in [3.63, 3.8) is 0 Å². The molecule has 0 spiro atoms. The normalized spacial score (nSPS) is 30.3. The molecule has 1 aliphatic rings. The molecule has 0 heteroatoms. The molecule has 0 aliphatic heterocycles. The van der Waals surface area contributed by atoms with E-state index in [-0.39, 0.29) is 0 Å². The summed E-state index contributed by atoms with van der Waals surface area (Å²) in [4.78, 5) is 0. The molecule has 0 saturated heterocycles. The van der Waals surface area contributed by atoms with Crippen molar-refractivity contribution >= 4 is 0 Å². The van der Waals surface area contributed by atoms with Crippen LogP contribution >= 0.6 is 0 Å². The molecule has 0 N–H and O–H groups in total. The van der Waals surface area contributed by atoms with Crippen LogP contribution in [-0.4, -0.2) is 0 Å². The molecule has 4 atom stereocenters. The molecule has 4 unspecified atom stereocenters. The van der Waals surface area contributed by atoms with Crippen LogP contribution in [0.15, 0.2) is 0 Å². The third kappa shape index (κ3) is 8.32. The predicted octanol–water partition coefficient (Wildman–Crippen LogP) is 7.23. The first-order valence-electron chi connectivity index (χ1n) is 9.61. The van der Waals surface area contributed by atoms with Gasteiger partial charge >= 0.3 is 0 Å². The van der Waals surface area contributed by atoms with Gasteiger partial charge < -0.3 is 0 Å². The van der Waals surface area contributed by atoms with Crippen LogP contribution in [0, 0.1) is 23.7 Å². The zero-order valence-electron chi connectivity index (χ0n) is 14.8. The maximum Gasteiger partial charge on any atom is -0.0412 e. The minimum atomic E-state index is 0.962. The van der Waals surface area contributed by atoms with Gasteiger partial charge in [0.25, 0.3) is 0 Å². The predicted molar refractivity (Wildman–Crippen MR) is 92.1 cm³/mol. The third-order valence-electron chi connectivity index (χ3n) is 5.46. The summed E-state index contributed by atoms with van der Waals surface area (Å²) < 4.78 is 0. The largest absolute Gasteiger partial charge is 0.0654 e. The first kappa shape index (κ1) is 18.1. The molecule has 1 rings (SSSR count). The van der Waals surface area contributed by atoms with Crippen molar-refractivity contribution in [2.45, 2.75) is 105 Å². The van der Waals surface area contributed by atoms with E-state index < -0.39 is 0 Å². The van der Waals surface area contributed by atoms with Crippen molar-refractivity contribution in [2.75, 3.05) is 0 Å². The van der Waals surface area contributed by atoms with Gasteiger partial charge in [0.15, 0.2) is 0 Å². The lowest BCUT2D eigenvalue weighted by molar-refractivity contribution is 0.307. The molecule has 0 nitrogen and oxygen atoms in total. The van der Waals surface area contributed by atoms with Crippen LogP contribution in [0.3, 0.4) is 0 Å². The number of rotatable bonds is 7. The maximum atomic E-state index is 2.50. The van der Waals surface area contributed by atoms with E-state index >= 15 is 0 Å². The Morgan fingerprint density at radius 1 is 0.900 bits per heavy atom. The highest BCUT2D eigenvalue weighted by molar-refractivity contribution is 4.70. The first-order chi connectivity index (χ1) is 9.61.